The fourth-order valence-electron chi connectivity index (χ4n) is 6.33. The molecule has 1 aliphatic carbocycles. The Hall–Kier alpha value is -5.01. The van der Waals surface area contributed by atoms with Crippen molar-refractivity contribution in [3.05, 3.63) is 78.5 Å². The molecule has 1 unspecified atom stereocenters. The lowest BCUT2D eigenvalue weighted by Gasteiger charge is -2.20. The molecule has 0 aliphatic heterocycles. The van der Waals surface area contributed by atoms with Gasteiger partial charge in [-0.3, -0.25) is 19.9 Å². The number of carbonyl (C=O) groups excluding carboxylic acids is 1. The Balaban J connectivity index is 1.20. The molecule has 0 bridgehead atoms. The molecule has 0 saturated heterocycles. The number of hydrogen-bond donors (Lipinski definition) is 4. The van der Waals surface area contributed by atoms with Crippen LogP contribution >= 0.6 is 0 Å². The summed E-state index contributed by atoms with van der Waals surface area (Å²) >= 11 is 0. The first-order chi connectivity index (χ1) is 22.6. The largest absolute Gasteiger partial charge is 0.337 e. The zero-order chi connectivity index (χ0) is 32.7. The number of amides is 1. The molecular formula is C34H33FN8O3S. The molecule has 7 rings (SSSR count). The number of nitrogens with zero attached hydrogens (tertiary/aromatic N) is 4. The summed E-state index contributed by atoms with van der Waals surface area (Å²) in [6.45, 7) is 0. The monoisotopic (exact) mass is 652 g/mol. The molecule has 6 aromatic rings. The first-order valence-electron chi connectivity index (χ1n) is 15.5. The highest BCUT2D eigenvalue weighted by molar-refractivity contribution is 7.90. The van der Waals surface area contributed by atoms with E-state index in [1.54, 1.807) is 36.8 Å². The van der Waals surface area contributed by atoms with E-state index >= 15 is 0 Å². The Bertz CT molecular complexity index is 2240. The van der Waals surface area contributed by atoms with Crippen LogP contribution in [0.4, 0.5) is 10.1 Å². The number of aromatic amines is 2. The van der Waals surface area contributed by atoms with Crippen LogP contribution in [0, 0.1) is 11.7 Å². The number of carbonyl (C=O) groups is 1. The van der Waals surface area contributed by atoms with Crippen molar-refractivity contribution in [2.75, 3.05) is 11.6 Å². The van der Waals surface area contributed by atoms with Gasteiger partial charge in [-0.15, -0.1) is 0 Å². The number of pyridine rings is 2. The van der Waals surface area contributed by atoms with Crippen LogP contribution in [0.1, 0.15) is 49.5 Å². The minimum atomic E-state index is -3.65. The smallest absolute Gasteiger partial charge is 0.224 e. The van der Waals surface area contributed by atoms with Crippen LogP contribution in [0.25, 0.3) is 55.8 Å². The zero-order valence-corrected chi connectivity index (χ0v) is 26.4. The fourth-order valence-corrected chi connectivity index (χ4v) is 6.96. The highest BCUT2D eigenvalue weighted by Crippen LogP contribution is 2.34. The summed E-state index contributed by atoms with van der Waals surface area (Å²) in [5.41, 5.74) is 11.6. The third kappa shape index (κ3) is 6.36. The van der Waals surface area contributed by atoms with Gasteiger partial charge in [-0.25, -0.2) is 17.8 Å². The van der Waals surface area contributed by atoms with Gasteiger partial charge in [-0.1, -0.05) is 31.4 Å². The predicted molar refractivity (Wildman–Crippen MR) is 179 cm³/mol. The first-order valence-corrected chi connectivity index (χ1v) is 17.4. The second-order valence-electron chi connectivity index (χ2n) is 12.2. The van der Waals surface area contributed by atoms with E-state index in [0.717, 1.165) is 36.1 Å². The predicted octanol–water partition coefficient (Wildman–Crippen LogP) is 6.28. The summed E-state index contributed by atoms with van der Waals surface area (Å²) in [5.74, 6) is 0.294. The second-order valence-corrected chi connectivity index (χ2v) is 14.4. The normalized spacial score (nSPS) is 14.9. The standard InChI is InChI=1S/C34H33FN8O3S/c1-47(45,46)33(36)21-11-20(12-23(35)13-21)25-8-5-9-27-31(25)41-34(40-27)32-26-15-28(38-18-29(26)42-43-32)22-14-24(17-37-16-22)39-30(44)10-19-6-3-2-4-7-19/h5,8-9,11-19,33H,2-4,6-7,10,36H2,1H3,(H,39,44)(H,40,41)(H,42,43). The molecule has 11 nitrogen and oxygen atoms in total. The Kier molecular flexibility index (Phi) is 8.02. The Morgan fingerprint density at radius 1 is 1.04 bits per heavy atom. The van der Waals surface area contributed by atoms with Crippen LogP contribution in [0.5, 0.6) is 0 Å². The molecule has 13 heteroatoms. The highest BCUT2D eigenvalue weighted by atomic mass is 32.2. The van der Waals surface area contributed by atoms with E-state index in [-0.39, 0.29) is 11.5 Å². The molecule has 1 saturated carbocycles. The van der Waals surface area contributed by atoms with Crippen molar-refractivity contribution in [2.24, 2.45) is 11.7 Å². The molecule has 1 amide bonds. The summed E-state index contributed by atoms with van der Waals surface area (Å²) < 4.78 is 38.9. The van der Waals surface area contributed by atoms with E-state index in [1.807, 2.05) is 18.2 Å². The topological polar surface area (TPSA) is 172 Å². The number of nitrogens with one attached hydrogen (secondary N) is 3. The molecule has 47 heavy (non-hydrogen) atoms. The number of para-hydroxylation sites is 1. The number of fused-ring (bicyclic) bond motifs is 2. The van der Waals surface area contributed by atoms with Crippen molar-refractivity contribution in [3.63, 3.8) is 0 Å². The third-order valence-electron chi connectivity index (χ3n) is 8.72. The van der Waals surface area contributed by atoms with Gasteiger partial charge >= 0.3 is 0 Å². The van der Waals surface area contributed by atoms with Gasteiger partial charge < -0.3 is 16.0 Å². The molecule has 4 aromatic heterocycles. The average Bonchev–Trinajstić information content (AvgIpc) is 3.68. The molecular weight excluding hydrogens is 619 g/mol. The number of rotatable bonds is 8. The number of nitrogens with two attached hydrogens (primary N) is 1. The summed E-state index contributed by atoms with van der Waals surface area (Å²) in [6, 6.07) is 13.2. The molecule has 4 heterocycles. The highest BCUT2D eigenvalue weighted by Gasteiger charge is 2.22. The Morgan fingerprint density at radius 2 is 1.87 bits per heavy atom. The van der Waals surface area contributed by atoms with Crippen LogP contribution < -0.4 is 11.1 Å². The first kappa shape index (κ1) is 30.6. The molecule has 0 spiro atoms. The Labute approximate surface area is 270 Å². The van der Waals surface area contributed by atoms with Crippen LogP contribution in [-0.4, -0.2) is 50.7 Å². The van der Waals surface area contributed by atoms with Crippen LogP contribution in [0.15, 0.2) is 67.1 Å². The van der Waals surface area contributed by atoms with Crippen molar-refractivity contribution >= 4 is 43.4 Å². The maximum atomic E-state index is 14.7. The molecule has 1 aliphatic rings. The van der Waals surface area contributed by atoms with Crippen molar-refractivity contribution in [1.82, 2.24) is 30.1 Å². The van der Waals surface area contributed by atoms with E-state index in [4.69, 9.17) is 10.7 Å². The SMILES string of the molecule is CS(=O)(=O)C(N)c1cc(F)cc(-c2cccc3[nH]c(-c4n[nH]c5cnc(-c6cncc(NC(=O)CC7CCCCC7)c6)cc45)nc23)c1. The van der Waals surface area contributed by atoms with Crippen molar-refractivity contribution in [1.29, 1.82) is 0 Å². The lowest BCUT2D eigenvalue weighted by Crippen LogP contribution is -2.20. The molecule has 2 aromatic carbocycles. The molecule has 5 N–H and O–H groups in total. The van der Waals surface area contributed by atoms with Gasteiger partial charge in [-0.2, -0.15) is 5.10 Å². The number of anilines is 1. The van der Waals surface area contributed by atoms with Crippen molar-refractivity contribution in [3.8, 4) is 33.9 Å². The van der Waals surface area contributed by atoms with Gasteiger partial charge in [0.05, 0.1) is 40.3 Å². The van der Waals surface area contributed by atoms with Gasteiger partial charge in [-0.05, 0) is 66.3 Å². The summed E-state index contributed by atoms with van der Waals surface area (Å²) in [6.07, 6.45) is 12.4. The van der Waals surface area contributed by atoms with Gasteiger partial charge in [0.2, 0.25) is 5.91 Å². The van der Waals surface area contributed by atoms with E-state index < -0.39 is 21.0 Å². The molecule has 0 radical (unpaired) electrons. The fraction of sp³-hybridized carbons (Fsp3) is 0.265. The van der Waals surface area contributed by atoms with Crippen LogP contribution in [0.3, 0.4) is 0 Å². The molecule has 1 atom stereocenters. The maximum absolute atomic E-state index is 14.7. The van der Waals surface area contributed by atoms with Crippen molar-refractivity contribution in [2.45, 2.75) is 43.9 Å². The van der Waals surface area contributed by atoms with E-state index in [0.29, 0.717) is 62.9 Å². The maximum Gasteiger partial charge on any atom is 0.224 e. The van der Waals surface area contributed by atoms with Crippen LogP contribution in [-0.2, 0) is 14.6 Å². The minimum Gasteiger partial charge on any atom is -0.337 e. The van der Waals surface area contributed by atoms with Gasteiger partial charge in [0.15, 0.2) is 15.7 Å². The van der Waals surface area contributed by atoms with E-state index in [9.17, 15) is 17.6 Å². The lowest BCUT2D eigenvalue weighted by molar-refractivity contribution is -0.117. The Morgan fingerprint density at radius 3 is 2.68 bits per heavy atom. The van der Waals surface area contributed by atoms with Crippen molar-refractivity contribution < 1.29 is 17.6 Å². The average molecular weight is 653 g/mol. The summed E-state index contributed by atoms with van der Waals surface area (Å²) in [5, 5.41) is 9.92. The molecule has 240 valence electrons. The zero-order valence-electron chi connectivity index (χ0n) is 25.6. The van der Waals surface area contributed by atoms with Gasteiger partial charge in [0.1, 0.15) is 16.9 Å². The molecule has 1 fully saturated rings. The van der Waals surface area contributed by atoms with E-state index in [1.165, 1.54) is 25.3 Å². The number of hydrogen-bond acceptors (Lipinski definition) is 8. The van der Waals surface area contributed by atoms with Crippen LogP contribution in [0.2, 0.25) is 0 Å². The third-order valence-corrected chi connectivity index (χ3v) is 9.92. The summed E-state index contributed by atoms with van der Waals surface area (Å²) in [4.78, 5) is 29.8. The summed E-state index contributed by atoms with van der Waals surface area (Å²) in [7, 11) is -3.65. The number of imidazole rings is 1. The quantitative estimate of drug-likeness (QED) is 0.149. The minimum absolute atomic E-state index is 0.00616. The number of sulfone groups is 1. The van der Waals surface area contributed by atoms with E-state index in [2.05, 4.69) is 30.5 Å². The number of halogens is 1. The number of aromatic nitrogens is 6. The number of benzene rings is 2. The lowest BCUT2D eigenvalue weighted by atomic mass is 9.87. The van der Waals surface area contributed by atoms with Gasteiger partial charge in [0.25, 0.3) is 0 Å². The van der Waals surface area contributed by atoms with Gasteiger partial charge in [0, 0.05) is 35.4 Å². The number of H-pyrrole nitrogens is 2. The second kappa shape index (κ2) is 12.3.